The van der Waals surface area contributed by atoms with Gasteiger partial charge in [-0.25, -0.2) is 9.59 Å². The molecule has 1 atom stereocenters. The molecule has 0 aliphatic carbocycles. The van der Waals surface area contributed by atoms with Gasteiger partial charge in [-0.3, -0.25) is 14.9 Å². The molecular weight excluding hydrogens is 454 g/mol. The molecule has 3 N–H and O–H groups in total. The van der Waals surface area contributed by atoms with Crippen molar-refractivity contribution in [1.82, 2.24) is 10.6 Å². The Balaban J connectivity index is 1.46. The Kier molecular flexibility index (Phi) is 8.58. The third-order valence-corrected chi connectivity index (χ3v) is 4.99. The van der Waals surface area contributed by atoms with Crippen LogP contribution in [0.3, 0.4) is 0 Å². The number of carbonyl (C=O) groups excluding carboxylic acids is 4. The lowest BCUT2D eigenvalue weighted by atomic mass is 10.2. The van der Waals surface area contributed by atoms with Crippen LogP contribution in [0.5, 0.6) is 11.5 Å². The van der Waals surface area contributed by atoms with Gasteiger partial charge in [0.1, 0.15) is 19.3 Å². The highest BCUT2D eigenvalue weighted by Gasteiger charge is 2.24. The van der Waals surface area contributed by atoms with E-state index in [0.29, 0.717) is 42.6 Å². The molecule has 0 radical (unpaired) electrons. The summed E-state index contributed by atoms with van der Waals surface area (Å²) in [5.41, 5.74) is 0.388. The SMILES string of the molecule is CSCC[C@H](NC(=O)c1ccco1)C(=O)OCC(=O)NC(=O)Nc1ccc2c(c1)OCCO2. The first-order chi connectivity index (χ1) is 16.0. The number of carbonyl (C=O) groups is 4. The lowest BCUT2D eigenvalue weighted by molar-refractivity contribution is -0.150. The molecule has 0 unspecified atom stereocenters. The van der Waals surface area contributed by atoms with Crippen molar-refractivity contribution in [3.63, 3.8) is 0 Å². The summed E-state index contributed by atoms with van der Waals surface area (Å²) in [5, 5.41) is 7.07. The molecule has 1 aliphatic rings. The minimum absolute atomic E-state index is 0.0468. The Morgan fingerprint density at radius 2 is 1.91 bits per heavy atom. The molecule has 12 heteroatoms. The fraction of sp³-hybridized carbons (Fsp3) is 0.333. The zero-order chi connectivity index (χ0) is 23.6. The van der Waals surface area contributed by atoms with Crippen molar-refractivity contribution in [2.24, 2.45) is 0 Å². The Morgan fingerprint density at radius 1 is 1.12 bits per heavy atom. The second-order valence-electron chi connectivity index (χ2n) is 6.75. The van der Waals surface area contributed by atoms with Crippen molar-refractivity contribution in [3.05, 3.63) is 42.4 Å². The van der Waals surface area contributed by atoms with Crippen LogP contribution in [-0.4, -0.2) is 61.7 Å². The first-order valence-electron chi connectivity index (χ1n) is 9.96. The van der Waals surface area contributed by atoms with E-state index in [2.05, 4.69) is 16.0 Å². The van der Waals surface area contributed by atoms with Gasteiger partial charge in [0.25, 0.3) is 11.8 Å². The predicted molar refractivity (Wildman–Crippen MR) is 119 cm³/mol. The van der Waals surface area contributed by atoms with Gasteiger partial charge in [-0.1, -0.05) is 0 Å². The number of urea groups is 1. The van der Waals surface area contributed by atoms with Crippen molar-refractivity contribution in [2.45, 2.75) is 12.5 Å². The molecule has 0 spiro atoms. The van der Waals surface area contributed by atoms with Gasteiger partial charge in [-0.2, -0.15) is 11.8 Å². The molecule has 0 saturated carbocycles. The van der Waals surface area contributed by atoms with Crippen LogP contribution in [-0.2, 0) is 14.3 Å². The van der Waals surface area contributed by atoms with Gasteiger partial charge in [-0.15, -0.1) is 0 Å². The van der Waals surface area contributed by atoms with Crippen molar-refractivity contribution in [2.75, 3.05) is 37.1 Å². The molecule has 0 fully saturated rings. The molecule has 1 aliphatic heterocycles. The number of benzene rings is 1. The summed E-state index contributed by atoms with van der Waals surface area (Å²) >= 11 is 1.48. The monoisotopic (exact) mass is 477 g/mol. The van der Waals surface area contributed by atoms with Gasteiger partial charge in [-0.05, 0) is 42.7 Å². The van der Waals surface area contributed by atoms with Crippen molar-refractivity contribution >= 4 is 41.3 Å². The molecule has 2 aromatic rings. The molecule has 1 aromatic carbocycles. The van der Waals surface area contributed by atoms with E-state index in [-0.39, 0.29) is 5.76 Å². The third-order valence-electron chi connectivity index (χ3n) is 4.34. The first kappa shape index (κ1) is 24.0. The van der Waals surface area contributed by atoms with Gasteiger partial charge in [0.15, 0.2) is 23.9 Å². The number of anilines is 1. The van der Waals surface area contributed by atoms with E-state index in [0.717, 1.165) is 0 Å². The van der Waals surface area contributed by atoms with Crippen molar-refractivity contribution in [3.8, 4) is 11.5 Å². The van der Waals surface area contributed by atoms with E-state index in [1.54, 1.807) is 24.3 Å². The molecule has 11 nitrogen and oxygen atoms in total. The van der Waals surface area contributed by atoms with Gasteiger partial charge in [0, 0.05) is 11.8 Å². The van der Waals surface area contributed by atoms with Crippen molar-refractivity contribution < 1.29 is 37.8 Å². The number of fused-ring (bicyclic) bond motifs is 1. The number of nitrogens with one attached hydrogen (secondary N) is 3. The van der Waals surface area contributed by atoms with Crippen LogP contribution in [0.4, 0.5) is 10.5 Å². The molecule has 2 heterocycles. The van der Waals surface area contributed by atoms with Gasteiger partial charge < -0.3 is 29.3 Å². The summed E-state index contributed by atoms with van der Waals surface area (Å²) in [6.07, 6.45) is 3.48. The van der Waals surface area contributed by atoms with E-state index >= 15 is 0 Å². The zero-order valence-corrected chi connectivity index (χ0v) is 18.6. The molecule has 0 saturated heterocycles. The number of furan rings is 1. The zero-order valence-electron chi connectivity index (χ0n) is 17.8. The summed E-state index contributed by atoms with van der Waals surface area (Å²) in [6, 6.07) is 6.02. The Hall–Kier alpha value is -3.67. The first-order valence-corrected chi connectivity index (χ1v) is 11.4. The van der Waals surface area contributed by atoms with Crippen LogP contribution in [0.1, 0.15) is 17.0 Å². The second kappa shape index (κ2) is 11.8. The number of imide groups is 1. The second-order valence-corrected chi connectivity index (χ2v) is 7.74. The van der Waals surface area contributed by atoms with Gasteiger partial charge in [0.05, 0.1) is 6.26 Å². The number of amides is 4. The minimum atomic E-state index is -0.977. The van der Waals surface area contributed by atoms with E-state index in [9.17, 15) is 19.2 Å². The van der Waals surface area contributed by atoms with Crippen LogP contribution in [0, 0.1) is 0 Å². The molecule has 33 heavy (non-hydrogen) atoms. The summed E-state index contributed by atoms with van der Waals surface area (Å²) in [7, 11) is 0. The average Bonchev–Trinajstić information content (AvgIpc) is 3.35. The lowest BCUT2D eigenvalue weighted by Gasteiger charge is -2.19. The number of thioether (sulfide) groups is 1. The van der Waals surface area contributed by atoms with Crippen LogP contribution in [0.15, 0.2) is 41.0 Å². The van der Waals surface area contributed by atoms with E-state index in [1.807, 2.05) is 6.26 Å². The van der Waals surface area contributed by atoms with E-state index < -0.39 is 36.5 Å². The number of hydrogen-bond acceptors (Lipinski definition) is 9. The van der Waals surface area contributed by atoms with E-state index in [1.165, 1.54) is 24.1 Å². The molecular formula is C21H23N3O8S. The van der Waals surface area contributed by atoms with E-state index in [4.69, 9.17) is 18.6 Å². The Bertz CT molecular complexity index is 995. The fourth-order valence-electron chi connectivity index (χ4n) is 2.81. The molecule has 0 bridgehead atoms. The maximum atomic E-state index is 12.4. The number of ether oxygens (including phenoxy) is 3. The maximum absolute atomic E-state index is 12.4. The largest absolute Gasteiger partial charge is 0.486 e. The van der Waals surface area contributed by atoms with Gasteiger partial charge in [0.2, 0.25) is 0 Å². The standard InChI is InChI=1S/C21H23N3O8S/c1-33-10-6-14(23-19(26)16-3-2-7-29-16)20(27)32-12-18(25)24-21(28)22-13-4-5-15-17(11-13)31-9-8-30-15/h2-5,7,11,14H,6,8-10,12H2,1H3,(H,23,26)(H2,22,24,25,28)/t14-/m0/s1. The van der Waals surface area contributed by atoms with Crippen LogP contribution in [0.25, 0.3) is 0 Å². The predicted octanol–water partition coefficient (Wildman–Crippen LogP) is 1.79. The third kappa shape index (κ3) is 7.17. The fourth-order valence-corrected chi connectivity index (χ4v) is 3.28. The summed E-state index contributed by atoms with van der Waals surface area (Å²) in [5.74, 6) is -0.553. The molecule has 3 rings (SSSR count). The Labute approximate surface area is 193 Å². The summed E-state index contributed by atoms with van der Waals surface area (Å²) in [6.45, 7) is 0.143. The number of esters is 1. The topological polar surface area (TPSA) is 145 Å². The van der Waals surface area contributed by atoms with Crippen LogP contribution >= 0.6 is 11.8 Å². The highest BCUT2D eigenvalue weighted by atomic mass is 32.2. The molecule has 4 amide bonds. The van der Waals surface area contributed by atoms with Crippen LogP contribution < -0.4 is 25.4 Å². The highest BCUT2D eigenvalue weighted by Crippen LogP contribution is 2.32. The Morgan fingerprint density at radius 3 is 2.64 bits per heavy atom. The summed E-state index contributed by atoms with van der Waals surface area (Å²) in [4.78, 5) is 48.6. The number of rotatable bonds is 9. The van der Waals surface area contributed by atoms with Gasteiger partial charge >= 0.3 is 12.0 Å². The molecule has 1 aromatic heterocycles. The maximum Gasteiger partial charge on any atom is 0.329 e. The normalized spacial score (nSPS) is 12.9. The van der Waals surface area contributed by atoms with Crippen molar-refractivity contribution in [1.29, 1.82) is 0 Å². The lowest BCUT2D eigenvalue weighted by Crippen LogP contribution is -2.44. The summed E-state index contributed by atoms with van der Waals surface area (Å²) < 4.78 is 20.8. The minimum Gasteiger partial charge on any atom is -0.486 e. The quantitative estimate of drug-likeness (QED) is 0.460. The highest BCUT2D eigenvalue weighted by molar-refractivity contribution is 7.98. The van der Waals surface area contributed by atoms with Crippen LogP contribution in [0.2, 0.25) is 0 Å². The number of hydrogen-bond donors (Lipinski definition) is 3. The molecule has 176 valence electrons. The average molecular weight is 477 g/mol. The smallest absolute Gasteiger partial charge is 0.329 e.